The molecule has 1 aliphatic heterocycles. The number of amides is 2. The van der Waals surface area contributed by atoms with Crippen molar-refractivity contribution in [1.29, 1.82) is 0 Å². The largest absolute Gasteiger partial charge is 0.471 e. The molecule has 1 aliphatic carbocycles. The van der Waals surface area contributed by atoms with E-state index in [0.717, 1.165) is 22.3 Å². The van der Waals surface area contributed by atoms with Crippen LogP contribution in [0.1, 0.15) is 30.0 Å². The predicted molar refractivity (Wildman–Crippen MR) is 141 cm³/mol. The average molecular weight is 580 g/mol. The lowest BCUT2D eigenvalue weighted by atomic mass is 10.1. The lowest BCUT2D eigenvalue weighted by Gasteiger charge is -2.27. The van der Waals surface area contributed by atoms with Crippen molar-refractivity contribution in [2.24, 2.45) is 0 Å². The van der Waals surface area contributed by atoms with Gasteiger partial charge < -0.3 is 9.80 Å². The number of benzene rings is 3. The first kappa shape index (κ1) is 27.4. The number of aryl methyl sites for hydroxylation is 1. The number of carbonyl (C=O) groups excluding carboxylic acids is 2. The van der Waals surface area contributed by atoms with Crippen molar-refractivity contribution in [2.45, 2.75) is 42.4 Å². The summed E-state index contributed by atoms with van der Waals surface area (Å²) in [5.74, 6) is -2.28. The van der Waals surface area contributed by atoms with Crippen LogP contribution in [0, 0.1) is 0 Å². The van der Waals surface area contributed by atoms with Gasteiger partial charge in [0.25, 0.3) is 0 Å². The summed E-state index contributed by atoms with van der Waals surface area (Å²) in [5, 5.41) is 2.03. The number of hydrogen-bond donors (Lipinski definition) is 0. The standard InChI is InChI=1S/C27H25ClF3N3O4S/c1-32(26(36)27(29,30)31)23-10-5-18-14-20(7-9-22(18)23)34-12-11-24(25(34)35)33(2)39(37,38)21-8-4-16-13-19(28)6-3-17(16)15-21/h3-4,6-9,13-15,23-24H,5,10-12H2,1-2H3/t23?,24-/m0/s1. The first-order chi connectivity index (χ1) is 18.3. The minimum absolute atomic E-state index is 0.0622. The van der Waals surface area contributed by atoms with Crippen molar-refractivity contribution in [3.63, 3.8) is 0 Å². The molecule has 2 atom stereocenters. The van der Waals surface area contributed by atoms with Crippen molar-refractivity contribution in [1.82, 2.24) is 9.21 Å². The summed E-state index contributed by atoms with van der Waals surface area (Å²) in [5.41, 5.74) is 1.91. The molecule has 2 aliphatic rings. The molecule has 1 unspecified atom stereocenters. The zero-order chi connectivity index (χ0) is 28.3. The lowest BCUT2D eigenvalue weighted by molar-refractivity contribution is -0.186. The van der Waals surface area contributed by atoms with Gasteiger partial charge in [-0.25, -0.2) is 8.42 Å². The van der Waals surface area contributed by atoms with Crippen LogP contribution in [0.3, 0.4) is 0 Å². The van der Waals surface area contributed by atoms with E-state index in [-0.39, 0.29) is 23.8 Å². The molecule has 3 aromatic rings. The second kappa shape index (κ2) is 9.79. The van der Waals surface area contributed by atoms with Gasteiger partial charge in [-0.1, -0.05) is 29.8 Å². The molecule has 0 saturated carbocycles. The number of hydrogen-bond acceptors (Lipinski definition) is 4. The van der Waals surface area contributed by atoms with Crippen molar-refractivity contribution in [2.75, 3.05) is 25.5 Å². The van der Waals surface area contributed by atoms with E-state index in [1.54, 1.807) is 48.5 Å². The minimum atomic E-state index is -4.96. The molecule has 39 heavy (non-hydrogen) atoms. The fraction of sp³-hybridized carbons (Fsp3) is 0.333. The Morgan fingerprint density at radius 2 is 1.67 bits per heavy atom. The highest BCUT2D eigenvalue weighted by Crippen LogP contribution is 2.39. The van der Waals surface area contributed by atoms with E-state index in [4.69, 9.17) is 11.6 Å². The molecule has 1 heterocycles. The molecule has 5 rings (SSSR count). The molecule has 0 bridgehead atoms. The van der Waals surface area contributed by atoms with Gasteiger partial charge in [-0.3, -0.25) is 9.59 Å². The molecular weight excluding hydrogens is 555 g/mol. The van der Waals surface area contributed by atoms with Crippen LogP contribution in [0.5, 0.6) is 0 Å². The third-order valence-corrected chi connectivity index (χ3v) is 9.68. The zero-order valence-electron chi connectivity index (χ0n) is 21.1. The monoisotopic (exact) mass is 579 g/mol. The van der Waals surface area contributed by atoms with E-state index < -0.39 is 34.2 Å². The van der Waals surface area contributed by atoms with E-state index in [9.17, 15) is 31.2 Å². The molecule has 7 nitrogen and oxygen atoms in total. The number of halogens is 4. The molecule has 206 valence electrons. The Hall–Kier alpha value is -3.15. The van der Waals surface area contributed by atoms with E-state index >= 15 is 0 Å². The molecule has 0 radical (unpaired) electrons. The van der Waals surface area contributed by atoms with Gasteiger partial charge in [-0.2, -0.15) is 17.5 Å². The van der Waals surface area contributed by atoms with Crippen molar-refractivity contribution < 1.29 is 31.2 Å². The quantitative estimate of drug-likeness (QED) is 0.430. The summed E-state index contributed by atoms with van der Waals surface area (Å²) in [7, 11) is -1.46. The third kappa shape index (κ3) is 4.87. The summed E-state index contributed by atoms with van der Waals surface area (Å²) in [6, 6.07) is 13.2. The smallest absolute Gasteiger partial charge is 0.331 e. The fourth-order valence-corrected chi connectivity index (χ4v) is 7.00. The number of rotatable bonds is 5. The summed E-state index contributed by atoms with van der Waals surface area (Å²) < 4.78 is 66.7. The number of fused-ring (bicyclic) bond motifs is 2. The van der Waals surface area contributed by atoms with Gasteiger partial charge in [0, 0.05) is 31.4 Å². The van der Waals surface area contributed by atoms with Gasteiger partial charge in [-0.15, -0.1) is 0 Å². The second-order valence-electron chi connectivity index (χ2n) is 9.82. The normalized spacial score (nSPS) is 19.7. The third-order valence-electron chi connectivity index (χ3n) is 7.58. The van der Waals surface area contributed by atoms with Crippen molar-refractivity contribution >= 4 is 49.9 Å². The summed E-state index contributed by atoms with van der Waals surface area (Å²) in [6.07, 6.45) is -3.88. The molecule has 3 aromatic carbocycles. The van der Waals surface area contributed by atoms with Gasteiger partial charge in [-0.05, 0) is 77.6 Å². The number of alkyl halides is 3. The Balaban J connectivity index is 1.34. The van der Waals surface area contributed by atoms with Gasteiger partial charge in [0.1, 0.15) is 6.04 Å². The number of carbonyl (C=O) groups is 2. The Morgan fingerprint density at radius 1 is 0.974 bits per heavy atom. The summed E-state index contributed by atoms with van der Waals surface area (Å²) >= 11 is 6.02. The number of nitrogens with zero attached hydrogens (tertiary/aromatic N) is 3. The molecule has 1 fully saturated rings. The second-order valence-corrected chi connectivity index (χ2v) is 12.3. The fourth-order valence-electron chi connectivity index (χ4n) is 5.44. The molecular formula is C27H25ClF3N3O4S. The first-order valence-electron chi connectivity index (χ1n) is 12.2. The van der Waals surface area contributed by atoms with E-state index in [1.165, 1.54) is 18.0 Å². The Morgan fingerprint density at radius 3 is 2.38 bits per heavy atom. The van der Waals surface area contributed by atoms with Crippen LogP contribution in [0.2, 0.25) is 5.02 Å². The molecule has 2 amide bonds. The van der Waals surface area contributed by atoms with Gasteiger partial charge in [0.15, 0.2) is 0 Å². The highest BCUT2D eigenvalue weighted by Gasteiger charge is 2.45. The maximum Gasteiger partial charge on any atom is 0.471 e. The first-order valence-corrected chi connectivity index (χ1v) is 14.1. The number of likely N-dealkylation sites (N-methyl/N-ethyl adjacent to an activating group) is 1. The van der Waals surface area contributed by atoms with E-state index in [0.29, 0.717) is 39.4 Å². The van der Waals surface area contributed by atoms with E-state index in [1.807, 2.05) is 0 Å². The van der Waals surface area contributed by atoms with E-state index in [2.05, 4.69) is 0 Å². The van der Waals surface area contributed by atoms with Crippen LogP contribution in [0.25, 0.3) is 10.8 Å². The SMILES string of the molecule is CN(C(=O)C(F)(F)F)C1CCc2cc(N3CC[C@H](N(C)S(=O)(=O)c4ccc5cc(Cl)ccc5c4)C3=O)ccc21. The van der Waals surface area contributed by atoms with Gasteiger partial charge in [0.2, 0.25) is 15.9 Å². The molecule has 12 heteroatoms. The predicted octanol–water partition coefficient (Wildman–Crippen LogP) is 4.93. The maximum atomic E-state index is 13.4. The lowest BCUT2D eigenvalue weighted by Crippen LogP contribution is -2.42. The van der Waals surface area contributed by atoms with Crippen LogP contribution >= 0.6 is 11.6 Å². The molecule has 0 spiro atoms. The number of sulfonamides is 1. The zero-order valence-corrected chi connectivity index (χ0v) is 22.6. The Bertz CT molecular complexity index is 1590. The van der Waals surface area contributed by atoms with Gasteiger partial charge >= 0.3 is 12.1 Å². The Labute approximate surface area is 228 Å². The summed E-state index contributed by atoms with van der Waals surface area (Å²) in [6.45, 7) is 0.286. The molecule has 0 aromatic heterocycles. The van der Waals surface area contributed by atoms with Crippen molar-refractivity contribution in [3.8, 4) is 0 Å². The topological polar surface area (TPSA) is 78.0 Å². The highest BCUT2D eigenvalue weighted by atomic mass is 35.5. The van der Waals surface area contributed by atoms with Crippen LogP contribution in [0.4, 0.5) is 18.9 Å². The van der Waals surface area contributed by atoms with Gasteiger partial charge in [0.05, 0.1) is 10.9 Å². The highest BCUT2D eigenvalue weighted by molar-refractivity contribution is 7.89. The van der Waals surface area contributed by atoms with Crippen LogP contribution in [-0.4, -0.2) is 62.3 Å². The minimum Gasteiger partial charge on any atom is -0.331 e. The van der Waals surface area contributed by atoms with Crippen LogP contribution in [0.15, 0.2) is 59.5 Å². The number of anilines is 1. The molecule has 1 saturated heterocycles. The summed E-state index contributed by atoms with van der Waals surface area (Å²) in [4.78, 5) is 27.4. The van der Waals surface area contributed by atoms with Crippen LogP contribution < -0.4 is 4.90 Å². The average Bonchev–Trinajstić information content (AvgIpc) is 3.49. The van der Waals surface area contributed by atoms with Crippen LogP contribution in [-0.2, 0) is 26.0 Å². The Kier molecular flexibility index (Phi) is 6.89. The van der Waals surface area contributed by atoms with Crippen molar-refractivity contribution in [3.05, 3.63) is 70.7 Å². The maximum absolute atomic E-state index is 13.4. The molecule has 0 N–H and O–H groups in total.